The number of thiazole rings is 1. The molecule has 1 fully saturated rings. The van der Waals surface area contributed by atoms with Gasteiger partial charge in [-0.3, -0.25) is 4.79 Å². The van der Waals surface area contributed by atoms with Crippen LogP contribution in [0.4, 0.5) is 0 Å². The van der Waals surface area contributed by atoms with Gasteiger partial charge in [-0.05, 0) is 19.3 Å². The Morgan fingerprint density at radius 2 is 2.36 bits per heavy atom. The van der Waals surface area contributed by atoms with Gasteiger partial charge in [0.05, 0.1) is 0 Å². The Bertz CT molecular complexity index is 308. The first-order valence-corrected chi connectivity index (χ1v) is 4.84. The highest BCUT2D eigenvalue weighted by molar-refractivity contribution is 7.09. The summed E-state index contributed by atoms with van der Waals surface area (Å²) in [5.41, 5.74) is 1.22. The molecule has 0 amide bonds. The average Bonchev–Trinajstić information content (AvgIpc) is 2.75. The molecule has 0 saturated heterocycles. The van der Waals surface area contributed by atoms with E-state index in [1.807, 2.05) is 0 Å². The zero-order chi connectivity index (χ0) is 7.84. The van der Waals surface area contributed by atoms with Gasteiger partial charge in [-0.15, -0.1) is 0 Å². The summed E-state index contributed by atoms with van der Waals surface area (Å²) in [6.45, 7) is 2.10. The van der Waals surface area contributed by atoms with E-state index in [1.165, 1.54) is 34.7 Å². The molecule has 0 spiro atoms. The number of aromatic amines is 1. The summed E-state index contributed by atoms with van der Waals surface area (Å²) in [4.78, 5) is 15.3. The smallest absolute Gasteiger partial charge is 0.304 e. The predicted octanol–water partition coefficient (Wildman–Crippen LogP) is 1.88. The van der Waals surface area contributed by atoms with Crippen LogP contribution in [0.2, 0.25) is 0 Å². The second-order valence-electron chi connectivity index (χ2n) is 2.98. The Balaban J connectivity index is 2.42. The topological polar surface area (TPSA) is 32.9 Å². The van der Waals surface area contributed by atoms with Gasteiger partial charge in [0, 0.05) is 16.5 Å². The lowest BCUT2D eigenvalue weighted by Crippen LogP contribution is -1.93. The van der Waals surface area contributed by atoms with E-state index in [4.69, 9.17) is 0 Å². The molecule has 1 aromatic rings. The summed E-state index contributed by atoms with van der Waals surface area (Å²) in [5.74, 6) is 0.684. The van der Waals surface area contributed by atoms with Crippen molar-refractivity contribution in [2.24, 2.45) is 0 Å². The molecule has 1 heterocycles. The van der Waals surface area contributed by atoms with Crippen LogP contribution in [0.5, 0.6) is 0 Å². The number of aryl methyl sites for hydroxylation is 1. The van der Waals surface area contributed by atoms with Crippen molar-refractivity contribution >= 4 is 11.3 Å². The van der Waals surface area contributed by atoms with Crippen molar-refractivity contribution in [2.45, 2.75) is 32.1 Å². The first-order valence-electron chi connectivity index (χ1n) is 4.03. The fraction of sp³-hybridized carbons (Fsp3) is 0.625. The largest absolute Gasteiger partial charge is 0.316 e. The van der Waals surface area contributed by atoms with Gasteiger partial charge in [-0.25, -0.2) is 0 Å². The van der Waals surface area contributed by atoms with Gasteiger partial charge in [-0.1, -0.05) is 18.3 Å². The maximum absolute atomic E-state index is 11.0. The summed E-state index contributed by atoms with van der Waals surface area (Å²) in [5, 5.41) is 0. The number of aromatic nitrogens is 1. The van der Waals surface area contributed by atoms with Gasteiger partial charge < -0.3 is 4.98 Å². The van der Waals surface area contributed by atoms with Crippen LogP contribution in [0.3, 0.4) is 0 Å². The Kier molecular flexibility index (Phi) is 1.60. The van der Waals surface area contributed by atoms with Crippen LogP contribution in [-0.2, 0) is 6.42 Å². The molecule has 1 N–H and O–H groups in total. The molecule has 1 aliphatic carbocycles. The van der Waals surface area contributed by atoms with E-state index in [2.05, 4.69) is 11.9 Å². The maximum Gasteiger partial charge on any atom is 0.304 e. The second-order valence-corrected chi connectivity index (χ2v) is 4.05. The van der Waals surface area contributed by atoms with Gasteiger partial charge in [0.1, 0.15) is 0 Å². The number of nitrogens with one attached hydrogen (secondary N) is 1. The van der Waals surface area contributed by atoms with Gasteiger partial charge in [0.25, 0.3) is 0 Å². The van der Waals surface area contributed by atoms with Crippen molar-refractivity contribution in [3.8, 4) is 0 Å². The highest BCUT2D eigenvalue weighted by Crippen LogP contribution is 2.41. The number of rotatable bonds is 2. The van der Waals surface area contributed by atoms with Crippen LogP contribution < -0.4 is 4.87 Å². The van der Waals surface area contributed by atoms with Crippen LogP contribution in [0, 0.1) is 0 Å². The standard InChI is InChI=1S/C8H11NOS/c1-2-6-7(5-3-4-5)9-8(10)11-6/h5H,2-4H2,1H3,(H,9,10). The summed E-state index contributed by atoms with van der Waals surface area (Å²) >= 11 is 1.37. The zero-order valence-corrected chi connectivity index (χ0v) is 7.33. The van der Waals surface area contributed by atoms with Crippen LogP contribution in [0.25, 0.3) is 0 Å². The molecule has 1 aromatic heterocycles. The average molecular weight is 169 g/mol. The van der Waals surface area contributed by atoms with Gasteiger partial charge in [-0.2, -0.15) is 0 Å². The monoisotopic (exact) mass is 169 g/mol. The molecule has 60 valence electrons. The molecule has 2 rings (SSSR count). The highest BCUT2D eigenvalue weighted by atomic mass is 32.1. The fourth-order valence-electron chi connectivity index (χ4n) is 1.34. The lowest BCUT2D eigenvalue weighted by atomic mass is 10.2. The molecule has 0 radical (unpaired) electrons. The number of hydrogen-bond donors (Lipinski definition) is 1. The van der Waals surface area contributed by atoms with Crippen molar-refractivity contribution in [1.82, 2.24) is 4.98 Å². The molecule has 0 bridgehead atoms. The summed E-state index contributed by atoms with van der Waals surface area (Å²) in [7, 11) is 0. The maximum atomic E-state index is 11.0. The molecule has 1 saturated carbocycles. The normalized spacial score (nSPS) is 17.2. The van der Waals surface area contributed by atoms with Crippen molar-refractivity contribution in [3.63, 3.8) is 0 Å². The van der Waals surface area contributed by atoms with Crippen LogP contribution in [0.1, 0.15) is 36.3 Å². The molecule has 0 aliphatic heterocycles. The Morgan fingerprint density at radius 3 is 2.91 bits per heavy atom. The Morgan fingerprint density at radius 1 is 1.64 bits per heavy atom. The first-order chi connectivity index (χ1) is 5.31. The number of hydrogen-bond acceptors (Lipinski definition) is 2. The molecule has 1 aliphatic rings. The first kappa shape index (κ1) is 7.10. The Hall–Kier alpha value is -0.570. The molecule has 11 heavy (non-hydrogen) atoms. The van der Waals surface area contributed by atoms with E-state index >= 15 is 0 Å². The minimum Gasteiger partial charge on any atom is -0.316 e. The van der Waals surface area contributed by atoms with E-state index in [-0.39, 0.29) is 4.87 Å². The third kappa shape index (κ3) is 1.25. The molecule has 0 unspecified atom stereocenters. The zero-order valence-electron chi connectivity index (χ0n) is 6.52. The van der Waals surface area contributed by atoms with Crippen LogP contribution in [-0.4, -0.2) is 4.98 Å². The minimum absolute atomic E-state index is 0.115. The van der Waals surface area contributed by atoms with E-state index in [0.29, 0.717) is 5.92 Å². The summed E-state index contributed by atoms with van der Waals surface area (Å²) in [6, 6.07) is 0. The van der Waals surface area contributed by atoms with Crippen LogP contribution in [0.15, 0.2) is 4.79 Å². The van der Waals surface area contributed by atoms with Gasteiger partial charge in [0.15, 0.2) is 0 Å². The Labute approximate surface area is 69.3 Å². The lowest BCUT2D eigenvalue weighted by molar-refractivity contribution is 0.987. The molecule has 3 heteroatoms. The summed E-state index contributed by atoms with van der Waals surface area (Å²) in [6.07, 6.45) is 3.52. The van der Waals surface area contributed by atoms with Crippen molar-refractivity contribution in [2.75, 3.05) is 0 Å². The highest BCUT2D eigenvalue weighted by Gasteiger charge is 2.27. The SMILES string of the molecule is CCc1sc(=O)[nH]c1C1CC1. The molecule has 2 nitrogen and oxygen atoms in total. The number of H-pyrrole nitrogens is 1. The third-order valence-electron chi connectivity index (χ3n) is 2.06. The van der Waals surface area contributed by atoms with E-state index < -0.39 is 0 Å². The molecular formula is C8H11NOS. The van der Waals surface area contributed by atoms with E-state index in [0.717, 1.165) is 6.42 Å². The van der Waals surface area contributed by atoms with Gasteiger partial charge >= 0.3 is 4.87 Å². The lowest BCUT2D eigenvalue weighted by Gasteiger charge is -1.94. The van der Waals surface area contributed by atoms with Gasteiger partial charge in [0.2, 0.25) is 0 Å². The quantitative estimate of drug-likeness (QED) is 0.720. The van der Waals surface area contributed by atoms with Crippen LogP contribution >= 0.6 is 11.3 Å². The van der Waals surface area contributed by atoms with Crippen molar-refractivity contribution in [3.05, 3.63) is 20.2 Å². The van der Waals surface area contributed by atoms with E-state index in [9.17, 15) is 4.79 Å². The molecule has 0 atom stereocenters. The minimum atomic E-state index is 0.115. The fourth-order valence-corrected chi connectivity index (χ4v) is 2.19. The third-order valence-corrected chi connectivity index (χ3v) is 3.10. The molecular weight excluding hydrogens is 158 g/mol. The van der Waals surface area contributed by atoms with Crippen molar-refractivity contribution < 1.29 is 0 Å². The second kappa shape index (κ2) is 2.48. The van der Waals surface area contributed by atoms with Crippen molar-refractivity contribution in [1.29, 1.82) is 0 Å². The van der Waals surface area contributed by atoms with E-state index in [1.54, 1.807) is 0 Å². The molecule has 0 aromatic carbocycles. The summed E-state index contributed by atoms with van der Waals surface area (Å²) < 4.78 is 0. The predicted molar refractivity (Wildman–Crippen MR) is 46.3 cm³/mol.